The number of amidine groups is 1. The largest absolute Gasteiger partial charge is 0.444 e. The molecule has 188 valence electrons. The number of nitrogens with zero attached hydrogens (tertiary/aromatic N) is 4. The minimum absolute atomic E-state index is 0.0908. The number of ether oxygens (including phenoxy) is 1. The molecule has 1 aromatic heterocycles. The Morgan fingerprint density at radius 1 is 1.26 bits per heavy atom. The number of aromatic nitrogens is 1. The summed E-state index contributed by atoms with van der Waals surface area (Å²) in [4.78, 5) is 25.0. The predicted octanol–water partition coefficient (Wildman–Crippen LogP) is 4.68. The van der Waals surface area contributed by atoms with E-state index >= 15 is 0 Å². The number of piperidine rings is 1. The molecule has 1 spiro atoms. The van der Waals surface area contributed by atoms with Gasteiger partial charge < -0.3 is 15.0 Å². The zero-order valence-corrected chi connectivity index (χ0v) is 23.0. The molecule has 3 aliphatic heterocycles. The van der Waals surface area contributed by atoms with Gasteiger partial charge in [0.05, 0.1) is 17.4 Å². The van der Waals surface area contributed by atoms with E-state index in [9.17, 15) is 4.79 Å². The Hall–Kier alpha value is -2.39. The number of carbonyl (C=O) groups is 1. The van der Waals surface area contributed by atoms with Crippen LogP contribution in [-0.4, -0.2) is 51.6 Å². The lowest BCUT2D eigenvalue weighted by Gasteiger charge is -2.45. The zero-order chi connectivity index (χ0) is 25.1. The molecule has 4 heterocycles. The van der Waals surface area contributed by atoms with E-state index in [0.29, 0.717) is 0 Å². The number of fused-ring (bicyclic) bond motifs is 2. The maximum atomic E-state index is 12.8. The van der Waals surface area contributed by atoms with Crippen molar-refractivity contribution in [2.45, 2.75) is 78.5 Å². The summed E-state index contributed by atoms with van der Waals surface area (Å²) in [5, 5.41) is 5.32. The molecule has 0 bridgehead atoms. The van der Waals surface area contributed by atoms with Crippen molar-refractivity contribution in [3.63, 3.8) is 0 Å². The minimum Gasteiger partial charge on any atom is -0.444 e. The lowest BCUT2D eigenvalue weighted by molar-refractivity contribution is 0.0392. The molecular weight excluding hydrogens is 508 g/mol. The van der Waals surface area contributed by atoms with Crippen LogP contribution in [0.3, 0.4) is 0 Å². The van der Waals surface area contributed by atoms with Gasteiger partial charge in [0.2, 0.25) is 0 Å². The first-order valence-electron chi connectivity index (χ1n) is 12.4. The number of rotatable bonds is 1. The Balaban J connectivity index is 1.40. The van der Waals surface area contributed by atoms with Crippen LogP contribution >= 0.6 is 15.9 Å². The van der Waals surface area contributed by atoms with Gasteiger partial charge in [-0.15, -0.1) is 0 Å². The number of hydrogen-bond donors (Lipinski definition) is 2. The van der Waals surface area contributed by atoms with Crippen LogP contribution in [0, 0.1) is 12.3 Å². The van der Waals surface area contributed by atoms with Crippen LogP contribution in [0.15, 0.2) is 39.2 Å². The number of halogens is 1. The monoisotopic (exact) mass is 542 g/mol. The van der Waals surface area contributed by atoms with E-state index in [-0.39, 0.29) is 23.6 Å². The van der Waals surface area contributed by atoms with E-state index in [4.69, 9.17) is 14.7 Å². The number of hydrogen-bond acceptors (Lipinski definition) is 7. The summed E-state index contributed by atoms with van der Waals surface area (Å²) < 4.78 is 6.60. The third kappa shape index (κ3) is 4.48. The SMILES string of the molecule is CC1=C(Br)N2NC(C)C=C2C(N2CCC3(CC2)Cc2nc(C)ccc2[C@H]3NC(=O)OC(C)(C)C)=N1. The number of likely N-dealkylation sites (tertiary alicyclic amines) is 1. The first-order chi connectivity index (χ1) is 16.5. The highest BCUT2D eigenvalue weighted by Gasteiger charge is 2.50. The third-order valence-electron chi connectivity index (χ3n) is 7.29. The minimum atomic E-state index is -0.543. The fourth-order valence-corrected chi connectivity index (χ4v) is 6.07. The maximum absolute atomic E-state index is 12.8. The second-order valence-electron chi connectivity index (χ2n) is 11.2. The summed E-state index contributed by atoms with van der Waals surface area (Å²) in [6.45, 7) is 13.6. The Bertz CT molecular complexity index is 1140. The van der Waals surface area contributed by atoms with Crippen molar-refractivity contribution < 1.29 is 9.53 Å². The Kier molecular flexibility index (Phi) is 5.99. The van der Waals surface area contributed by atoms with E-state index < -0.39 is 5.60 Å². The number of aryl methyl sites for hydroxylation is 1. The lowest BCUT2D eigenvalue weighted by Crippen LogP contribution is -2.51. The first-order valence-corrected chi connectivity index (χ1v) is 13.2. The first kappa shape index (κ1) is 24.3. The smallest absolute Gasteiger partial charge is 0.408 e. The molecule has 1 saturated heterocycles. The van der Waals surface area contributed by atoms with Gasteiger partial charge in [-0.2, -0.15) is 0 Å². The third-order valence-corrected chi connectivity index (χ3v) is 8.22. The quantitative estimate of drug-likeness (QED) is 0.501. The molecular formula is C26H35BrN6O2. The Labute approximate surface area is 216 Å². The highest BCUT2D eigenvalue weighted by molar-refractivity contribution is 9.11. The second-order valence-corrected chi connectivity index (χ2v) is 12.0. The van der Waals surface area contributed by atoms with Crippen LogP contribution in [-0.2, 0) is 11.2 Å². The van der Waals surface area contributed by atoms with Crippen molar-refractivity contribution in [1.29, 1.82) is 0 Å². The Morgan fingerprint density at radius 2 is 1.97 bits per heavy atom. The van der Waals surface area contributed by atoms with Crippen LogP contribution in [0.4, 0.5) is 4.79 Å². The number of nitrogens with one attached hydrogen (secondary N) is 2. The summed E-state index contributed by atoms with van der Waals surface area (Å²) in [5.41, 5.74) is 8.12. The maximum Gasteiger partial charge on any atom is 0.408 e. The van der Waals surface area contributed by atoms with Crippen molar-refractivity contribution >= 4 is 27.9 Å². The normalized spacial score (nSPS) is 25.3. The number of amides is 1. The zero-order valence-electron chi connectivity index (χ0n) is 21.4. The van der Waals surface area contributed by atoms with Gasteiger partial charge in [0.25, 0.3) is 0 Å². The van der Waals surface area contributed by atoms with Crippen molar-refractivity contribution in [3.05, 3.63) is 51.2 Å². The van der Waals surface area contributed by atoms with E-state index in [1.54, 1.807) is 0 Å². The van der Waals surface area contributed by atoms with Gasteiger partial charge in [-0.1, -0.05) is 6.07 Å². The summed E-state index contributed by atoms with van der Waals surface area (Å²) in [6, 6.07) is 4.29. The summed E-state index contributed by atoms with van der Waals surface area (Å²) >= 11 is 3.68. The van der Waals surface area contributed by atoms with Gasteiger partial charge in [0.15, 0.2) is 5.84 Å². The highest BCUT2D eigenvalue weighted by atomic mass is 79.9. The fraction of sp³-hybridized carbons (Fsp3) is 0.577. The molecule has 1 aliphatic carbocycles. The lowest BCUT2D eigenvalue weighted by atomic mass is 9.72. The molecule has 9 heteroatoms. The highest BCUT2D eigenvalue weighted by Crippen LogP contribution is 2.52. The molecule has 2 atom stereocenters. The molecule has 35 heavy (non-hydrogen) atoms. The molecule has 1 fully saturated rings. The van der Waals surface area contributed by atoms with Crippen molar-refractivity contribution in [2.75, 3.05) is 13.1 Å². The number of alkyl carbamates (subject to hydrolysis) is 1. The number of carbonyl (C=O) groups excluding carboxylic acids is 1. The number of aliphatic imine (C=N–C) groups is 1. The standard InChI is InChI=1S/C26H35BrN6O2/c1-15-7-8-18-19(28-15)14-26(21(18)30-24(34)35-25(4,5)6)9-11-32(12-10-26)23-20-13-16(2)31-33(20)22(27)17(3)29-23/h7-8,13,16,21,31H,9-12,14H2,1-6H3,(H,30,34)/t16?,21-/m1/s1. The predicted molar refractivity (Wildman–Crippen MR) is 140 cm³/mol. The van der Waals surface area contributed by atoms with Crippen LogP contribution in [0.5, 0.6) is 0 Å². The Morgan fingerprint density at radius 3 is 2.66 bits per heavy atom. The van der Waals surface area contributed by atoms with Crippen molar-refractivity contribution in [3.8, 4) is 0 Å². The van der Waals surface area contributed by atoms with Crippen LogP contribution in [0.25, 0.3) is 0 Å². The number of allylic oxidation sites excluding steroid dienone is 1. The summed E-state index contributed by atoms with van der Waals surface area (Å²) in [5.74, 6) is 1.01. The summed E-state index contributed by atoms with van der Waals surface area (Å²) in [6.07, 6.45) is 4.58. The number of pyridine rings is 1. The van der Waals surface area contributed by atoms with Crippen molar-refractivity contribution in [2.24, 2.45) is 10.4 Å². The van der Waals surface area contributed by atoms with Crippen molar-refractivity contribution in [1.82, 2.24) is 25.6 Å². The topological polar surface area (TPSA) is 82.1 Å². The van der Waals surface area contributed by atoms with Gasteiger partial charge >= 0.3 is 6.09 Å². The molecule has 2 N–H and O–H groups in total. The van der Waals surface area contributed by atoms with Crippen LogP contribution in [0.2, 0.25) is 0 Å². The fourth-order valence-electron chi connectivity index (χ4n) is 5.69. The van der Waals surface area contributed by atoms with Gasteiger partial charge in [-0.25, -0.2) is 15.2 Å². The average Bonchev–Trinajstić information content (AvgIpc) is 3.28. The molecule has 0 radical (unpaired) electrons. The molecule has 4 aliphatic rings. The average molecular weight is 544 g/mol. The van der Waals surface area contributed by atoms with E-state index in [0.717, 1.165) is 71.1 Å². The van der Waals surface area contributed by atoms with Gasteiger partial charge in [0.1, 0.15) is 10.2 Å². The van der Waals surface area contributed by atoms with E-state index in [1.165, 1.54) is 0 Å². The molecule has 1 unspecified atom stereocenters. The molecule has 5 rings (SSSR count). The van der Waals surface area contributed by atoms with Gasteiger partial charge in [-0.05, 0) is 94.4 Å². The van der Waals surface area contributed by atoms with Gasteiger partial charge in [0, 0.05) is 35.9 Å². The van der Waals surface area contributed by atoms with Crippen LogP contribution in [0.1, 0.15) is 70.5 Å². The molecule has 1 amide bonds. The number of hydrazine groups is 1. The molecule has 1 aromatic rings. The second kappa shape index (κ2) is 8.62. The molecule has 0 saturated carbocycles. The molecule has 8 nitrogen and oxygen atoms in total. The molecule has 0 aromatic carbocycles. The van der Waals surface area contributed by atoms with Gasteiger partial charge in [-0.3, -0.25) is 9.99 Å². The van der Waals surface area contributed by atoms with Crippen LogP contribution < -0.4 is 10.7 Å². The summed E-state index contributed by atoms with van der Waals surface area (Å²) in [7, 11) is 0. The van der Waals surface area contributed by atoms with E-state index in [1.807, 2.05) is 40.7 Å². The van der Waals surface area contributed by atoms with E-state index in [2.05, 4.69) is 55.6 Å².